The average Bonchev–Trinajstić information content (AvgIpc) is 2.81. The van der Waals surface area contributed by atoms with Gasteiger partial charge in [-0.3, -0.25) is 4.79 Å². The Morgan fingerprint density at radius 3 is 2.19 bits per heavy atom. The molecule has 1 fully saturated rings. The summed E-state index contributed by atoms with van der Waals surface area (Å²) in [6, 6.07) is 17.1. The zero-order valence-corrected chi connectivity index (χ0v) is 18.0. The summed E-state index contributed by atoms with van der Waals surface area (Å²) in [7, 11) is 0. The third kappa shape index (κ3) is 6.54. The topological polar surface area (TPSA) is 94.9 Å². The van der Waals surface area contributed by atoms with Crippen LogP contribution in [-0.2, 0) is 20.9 Å². The van der Waals surface area contributed by atoms with E-state index in [1.165, 1.54) is 17.4 Å². The van der Waals surface area contributed by atoms with Gasteiger partial charge in [-0.1, -0.05) is 73.9 Å². The van der Waals surface area contributed by atoms with Gasteiger partial charge in [0.2, 0.25) is 0 Å². The molecular formula is C26H29NO5. The maximum atomic E-state index is 12.6. The number of amides is 1. The SMILES string of the molecule is O=C(O)/C=C/c1ccc(C(CN(Cc2ccccc2)C(=O)C(=O)O)C2CCCCC2)cc1. The molecule has 6 nitrogen and oxygen atoms in total. The molecular weight excluding hydrogens is 406 g/mol. The molecule has 6 heteroatoms. The summed E-state index contributed by atoms with van der Waals surface area (Å²) in [5.74, 6) is -2.96. The van der Waals surface area contributed by atoms with E-state index >= 15 is 0 Å². The van der Waals surface area contributed by atoms with Crippen molar-refractivity contribution in [2.75, 3.05) is 6.54 Å². The normalized spacial score (nSPS) is 15.4. The van der Waals surface area contributed by atoms with E-state index < -0.39 is 17.8 Å². The Morgan fingerprint density at radius 2 is 1.59 bits per heavy atom. The summed E-state index contributed by atoms with van der Waals surface area (Å²) in [6.45, 7) is 0.573. The first-order valence-corrected chi connectivity index (χ1v) is 11.0. The first-order valence-electron chi connectivity index (χ1n) is 11.0. The largest absolute Gasteiger partial charge is 0.478 e. The summed E-state index contributed by atoms with van der Waals surface area (Å²) in [5, 5.41) is 18.3. The number of benzene rings is 2. The lowest BCUT2D eigenvalue weighted by molar-refractivity contribution is -0.156. The predicted molar refractivity (Wildman–Crippen MR) is 122 cm³/mol. The summed E-state index contributed by atoms with van der Waals surface area (Å²) in [5.41, 5.74) is 2.71. The van der Waals surface area contributed by atoms with Crippen LogP contribution in [0.1, 0.15) is 54.7 Å². The molecule has 1 atom stereocenters. The van der Waals surface area contributed by atoms with Gasteiger partial charge in [-0.15, -0.1) is 0 Å². The monoisotopic (exact) mass is 435 g/mol. The summed E-state index contributed by atoms with van der Waals surface area (Å²) < 4.78 is 0. The van der Waals surface area contributed by atoms with Gasteiger partial charge < -0.3 is 15.1 Å². The van der Waals surface area contributed by atoms with Gasteiger partial charge in [0, 0.05) is 25.1 Å². The van der Waals surface area contributed by atoms with E-state index in [1.54, 1.807) is 0 Å². The van der Waals surface area contributed by atoms with Crippen LogP contribution in [0.3, 0.4) is 0 Å². The Labute approximate surface area is 188 Å². The molecule has 1 amide bonds. The van der Waals surface area contributed by atoms with Crippen molar-refractivity contribution in [3.8, 4) is 0 Å². The number of nitrogens with zero attached hydrogens (tertiary/aromatic N) is 1. The average molecular weight is 436 g/mol. The van der Waals surface area contributed by atoms with Crippen molar-refractivity contribution < 1.29 is 24.6 Å². The van der Waals surface area contributed by atoms with Crippen molar-refractivity contribution in [3.05, 3.63) is 77.4 Å². The Balaban J connectivity index is 1.88. The smallest absolute Gasteiger partial charge is 0.394 e. The second-order valence-corrected chi connectivity index (χ2v) is 8.32. The predicted octanol–water partition coefficient (Wildman–Crippen LogP) is 4.56. The minimum Gasteiger partial charge on any atom is -0.478 e. The van der Waals surface area contributed by atoms with Crippen LogP contribution in [0.5, 0.6) is 0 Å². The molecule has 2 aromatic rings. The Bertz CT molecular complexity index is 946. The van der Waals surface area contributed by atoms with Crippen molar-refractivity contribution in [2.24, 2.45) is 5.92 Å². The highest BCUT2D eigenvalue weighted by molar-refractivity contribution is 6.31. The first kappa shape index (κ1) is 23.3. The van der Waals surface area contributed by atoms with Crippen molar-refractivity contribution in [2.45, 2.75) is 44.6 Å². The molecule has 2 N–H and O–H groups in total. The molecule has 0 radical (unpaired) electrons. The third-order valence-corrected chi connectivity index (χ3v) is 6.11. The Morgan fingerprint density at radius 1 is 0.938 bits per heavy atom. The van der Waals surface area contributed by atoms with E-state index in [0.717, 1.165) is 48.4 Å². The molecule has 0 aromatic heterocycles. The fraction of sp³-hybridized carbons (Fsp3) is 0.346. The van der Waals surface area contributed by atoms with Gasteiger partial charge >= 0.3 is 17.8 Å². The molecule has 0 aliphatic heterocycles. The number of carboxylic acid groups (broad SMARTS) is 2. The maximum Gasteiger partial charge on any atom is 0.394 e. The molecule has 0 bridgehead atoms. The van der Waals surface area contributed by atoms with Gasteiger partial charge in [0.25, 0.3) is 0 Å². The number of hydrogen-bond acceptors (Lipinski definition) is 3. The molecule has 0 spiro atoms. The van der Waals surface area contributed by atoms with E-state index in [4.69, 9.17) is 5.11 Å². The molecule has 2 aromatic carbocycles. The van der Waals surface area contributed by atoms with Crippen LogP contribution >= 0.6 is 0 Å². The number of carboxylic acids is 2. The van der Waals surface area contributed by atoms with Crippen LogP contribution in [0.25, 0.3) is 6.08 Å². The van der Waals surface area contributed by atoms with Gasteiger partial charge in [0.05, 0.1) is 0 Å². The molecule has 32 heavy (non-hydrogen) atoms. The minimum atomic E-state index is -1.45. The zero-order chi connectivity index (χ0) is 22.9. The Hall–Kier alpha value is -3.41. The maximum absolute atomic E-state index is 12.6. The lowest BCUT2D eigenvalue weighted by Crippen LogP contribution is -2.40. The highest BCUT2D eigenvalue weighted by atomic mass is 16.4. The number of rotatable bonds is 8. The van der Waals surface area contributed by atoms with Crippen molar-refractivity contribution in [1.82, 2.24) is 4.90 Å². The van der Waals surface area contributed by atoms with Crippen molar-refractivity contribution >= 4 is 23.9 Å². The highest BCUT2D eigenvalue weighted by Crippen LogP contribution is 2.37. The summed E-state index contributed by atoms with van der Waals surface area (Å²) in [4.78, 5) is 36.3. The van der Waals surface area contributed by atoms with Gasteiger partial charge in [0.15, 0.2) is 0 Å². The van der Waals surface area contributed by atoms with Crippen molar-refractivity contribution in [3.63, 3.8) is 0 Å². The van der Waals surface area contributed by atoms with Gasteiger partial charge in [-0.05, 0) is 41.5 Å². The van der Waals surface area contributed by atoms with Gasteiger partial charge in [-0.25, -0.2) is 9.59 Å². The van der Waals surface area contributed by atoms with E-state index in [1.807, 2.05) is 54.6 Å². The van der Waals surface area contributed by atoms with E-state index in [0.29, 0.717) is 12.5 Å². The molecule has 1 unspecified atom stereocenters. The molecule has 1 aliphatic rings. The molecule has 1 aliphatic carbocycles. The van der Waals surface area contributed by atoms with E-state index in [-0.39, 0.29) is 12.5 Å². The third-order valence-electron chi connectivity index (χ3n) is 6.11. The summed E-state index contributed by atoms with van der Waals surface area (Å²) >= 11 is 0. The quantitative estimate of drug-likeness (QED) is 0.468. The van der Waals surface area contributed by atoms with Crippen LogP contribution in [0, 0.1) is 5.92 Å². The highest BCUT2D eigenvalue weighted by Gasteiger charge is 2.30. The number of aliphatic carboxylic acids is 2. The molecule has 0 heterocycles. The van der Waals surface area contributed by atoms with Gasteiger partial charge in [0.1, 0.15) is 0 Å². The standard InChI is InChI=1S/C26H29NO5/c28-24(29)16-13-19-11-14-22(15-12-19)23(21-9-5-2-6-10-21)18-27(25(30)26(31)32)17-20-7-3-1-4-8-20/h1,3-4,7-8,11-16,21,23H,2,5-6,9-10,17-18H2,(H,28,29)(H,31,32)/b16-13+. The second-order valence-electron chi connectivity index (χ2n) is 8.32. The fourth-order valence-corrected chi connectivity index (χ4v) is 4.48. The van der Waals surface area contributed by atoms with Crippen LogP contribution < -0.4 is 0 Å². The van der Waals surface area contributed by atoms with E-state index in [9.17, 15) is 19.5 Å². The fourth-order valence-electron chi connectivity index (χ4n) is 4.48. The molecule has 0 saturated heterocycles. The van der Waals surface area contributed by atoms with Gasteiger partial charge in [-0.2, -0.15) is 0 Å². The molecule has 3 rings (SSSR count). The summed E-state index contributed by atoms with van der Waals surface area (Å²) in [6.07, 6.45) is 8.19. The van der Waals surface area contributed by atoms with Crippen LogP contribution in [0.2, 0.25) is 0 Å². The second kappa shape index (κ2) is 11.3. The molecule has 168 valence electrons. The lowest BCUT2D eigenvalue weighted by atomic mass is 9.76. The first-order chi connectivity index (χ1) is 15.4. The molecule has 1 saturated carbocycles. The Kier molecular flexibility index (Phi) is 8.20. The van der Waals surface area contributed by atoms with Crippen LogP contribution in [-0.4, -0.2) is 39.5 Å². The van der Waals surface area contributed by atoms with Crippen LogP contribution in [0.4, 0.5) is 0 Å². The number of hydrogen-bond donors (Lipinski definition) is 2. The minimum absolute atomic E-state index is 0.0137. The van der Waals surface area contributed by atoms with Crippen molar-refractivity contribution in [1.29, 1.82) is 0 Å². The van der Waals surface area contributed by atoms with E-state index in [2.05, 4.69) is 0 Å². The number of carbonyl (C=O) groups excluding carboxylic acids is 1. The lowest BCUT2D eigenvalue weighted by Gasteiger charge is -2.34. The zero-order valence-electron chi connectivity index (χ0n) is 18.0. The van der Waals surface area contributed by atoms with Crippen LogP contribution in [0.15, 0.2) is 60.7 Å². The number of carbonyl (C=O) groups is 3.